The molecule has 4 aromatic heterocycles. The summed E-state index contributed by atoms with van der Waals surface area (Å²) in [5.41, 5.74) is 21.8. The van der Waals surface area contributed by atoms with Gasteiger partial charge in [0.15, 0.2) is 0 Å². The zero-order chi connectivity index (χ0) is 45.7. The summed E-state index contributed by atoms with van der Waals surface area (Å²) in [6.07, 6.45) is 7.04. The van der Waals surface area contributed by atoms with E-state index in [1.165, 1.54) is 72.3 Å². The van der Waals surface area contributed by atoms with Gasteiger partial charge in [0.05, 0.1) is 11.1 Å². The summed E-state index contributed by atoms with van der Waals surface area (Å²) in [4.78, 5) is 13.9. The summed E-state index contributed by atoms with van der Waals surface area (Å²) in [6, 6.07) is 45.1. The predicted octanol–water partition coefficient (Wildman–Crippen LogP) is 12.5. The topological polar surface area (TPSA) is 50.3 Å². The number of benzene rings is 5. The molecule has 324 valence electrons. The van der Waals surface area contributed by atoms with Crippen molar-refractivity contribution in [2.24, 2.45) is 27.1 Å². The standard InChI is InChI=1S/C20H23N2.2C19H21N2/c1-14(2)11-16-9-10-18-19(12-16)22(4)20(13-21-18)17-8-6-5-7-15(17)3;1-13(2)15-11-19-17(20-12-15)9-10-18(21(19)4)16-8-6-5-7-14(16)3;1-13(2)15-9-10-17-18(11-15)21(4)19(12-20-17)16-8-6-5-7-14(16)3/h5-10,12-14H,11H2,1-4H3;2*5-13H,1-4H3/q3*+1. The number of hydrogen-bond donors (Lipinski definition) is 0. The van der Waals surface area contributed by atoms with Crippen molar-refractivity contribution in [2.45, 2.75) is 80.6 Å². The van der Waals surface area contributed by atoms with E-state index in [0.717, 1.165) is 34.4 Å². The van der Waals surface area contributed by atoms with Crippen LogP contribution in [0.1, 0.15) is 86.8 Å². The van der Waals surface area contributed by atoms with E-state index in [9.17, 15) is 0 Å². The molecule has 0 saturated carbocycles. The monoisotopic (exact) mass is 846 g/mol. The Kier molecular flexibility index (Phi) is 14.0. The van der Waals surface area contributed by atoms with E-state index in [1.807, 2.05) is 18.6 Å². The smallest absolute Gasteiger partial charge is 0.231 e. The number of hydrogen-bond acceptors (Lipinski definition) is 3. The van der Waals surface area contributed by atoms with Gasteiger partial charge in [-0.3, -0.25) is 0 Å². The third kappa shape index (κ3) is 9.92. The van der Waals surface area contributed by atoms with E-state index in [1.54, 1.807) is 0 Å². The Balaban J connectivity index is 0.000000144. The lowest BCUT2D eigenvalue weighted by Crippen LogP contribution is -2.32. The minimum absolute atomic E-state index is 0.490. The van der Waals surface area contributed by atoms with Crippen LogP contribution in [-0.2, 0) is 27.6 Å². The fourth-order valence-electron chi connectivity index (χ4n) is 8.46. The molecule has 0 saturated heterocycles. The van der Waals surface area contributed by atoms with Gasteiger partial charge < -0.3 is 0 Å². The third-order valence-corrected chi connectivity index (χ3v) is 12.4. The molecule has 6 heteroatoms. The Morgan fingerprint density at radius 3 is 1.27 bits per heavy atom. The van der Waals surface area contributed by atoms with Crippen LogP contribution in [0.5, 0.6) is 0 Å². The first-order valence-electron chi connectivity index (χ1n) is 22.7. The fraction of sp³-hybridized carbons (Fsp3) is 0.276. The van der Waals surface area contributed by atoms with Gasteiger partial charge in [0.1, 0.15) is 50.1 Å². The second-order valence-corrected chi connectivity index (χ2v) is 18.3. The summed E-state index contributed by atoms with van der Waals surface area (Å²) in [5.74, 6) is 1.68. The van der Waals surface area contributed by atoms with Gasteiger partial charge in [-0.1, -0.05) is 108 Å². The van der Waals surface area contributed by atoms with Gasteiger partial charge in [0.2, 0.25) is 33.6 Å². The molecule has 6 nitrogen and oxygen atoms in total. The summed E-state index contributed by atoms with van der Waals surface area (Å²) in [5, 5.41) is 0. The largest absolute Gasteiger partial charge is 0.250 e. The quantitative estimate of drug-likeness (QED) is 0.150. The maximum atomic E-state index is 4.66. The van der Waals surface area contributed by atoms with Crippen LogP contribution in [0, 0.1) is 26.7 Å². The molecule has 4 heterocycles. The number of fused-ring (bicyclic) bond motifs is 3. The Morgan fingerprint density at radius 2 is 0.797 bits per heavy atom. The van der Waals surface area contributed by atoms with E-state index >= 15 is 0 Å². The van der Waals surface area contributed by atoms with Crippen molar-refractivity contribution in [1.29, 1.82) is 0 Å². The van der Waals surface area contributed by atoms with Gasteiger partial charge in [0, 0.05) is 36.0 Å². The molecule has 0 aliphatic heterocycles. The maximum Gasteiger partial charge on any atom is 0.231 e. The first-order valence-corrected chi connectivity index (χ1v) is 22.7. The highest BCUT2D eigenvalue weighted by Crippen LogP contribution is 2.26. The molecule has 0 N–H and O–H groups in total. The predicted molar refractivity (Wildman–Crippen MR) is 266 cm³/mol. The lowest BCUT2D eigenvalue weighted by atomic mass is 10.0. The van der Waals surface area contributed by atoms with E-state index in [4.69, 9.17) is 0 Å². The van der Waals surface area contributed by atoms with Gasteiger partial charge in [-0.2, -0.15) is 13.7 Å². The second kappa shape index (κ2) is 19.8. The van der Waals surface area contributed by atoms with Crippen LogP contribution in [0.3, 0.4) is 0 Å². The number of aromatic nitrogens is 6. The van der Waals surface area contributed by atoms with Crippen molar-refractivity contribution in [3.63, 3.8) is 0 Å². The molecule has 0 radical (unpaired) electrons. The van der Waals surface area contributed by atoms with E-state index < -0.39 is 0 Å². The highest BCUT2D eigenvalue weighted by atomic mass is 15.0. The van der Waals surface area contributed by atoms with Crippen LogP contribution in [0.2, 0.25) is 0 Å². The Labute approximate surface area is 381 Å². The van der Waals surface area contributed by atoms with Crippen molar-refractivity contribution >= 4 is 33.1 Å². The molecule has 0 fully saturated rings. The zero-order valence-corrected chi connectivity index (χ0v) is 40.0. The average Bonchev–Trinajstić information content (AvgIpc) is 3.28. The first-order chi connectivity index (χ1) is 30.7. The summed E-state index contributed by atoms with van der Waals surface area (Å²) in [6.45, 7) is 19.8. The maximum absolute atomic E-state index is 4.66. The molecule has 0 unspecified atom stereocenters. The van der Waals surface area contributed by atoms with Crippen LogP contribution in [0.25, 0.3) is 66.9 Å². The Morgan fingerprint density at radius 1 is 0.406 bits per heavy atom. The zero-order valence-electron chi connectivity index (χ0n) is 40.0. The van der Waals surface area contributed by atoms with Crippen LogP contribution >= 0.6 is 0 Å². The van der Waals surface area contributed by atoms with Gasteiger partial charge >= 0.3 is 0 Å². The van der Waals surface area contributed by atoms with Crippen LogP contribution in [0.4, 0.5) is 0 Å². The highest BCUT2D eigenvalue weighted by Gasteiger charge is 2.20. The molecule has 5 aromatic carbocycles. The van der Waals surface area contributed by atoms with E-state index in [2.05, 4.69) is 240 Å². The number of rotatable bonds is 7. The van der Waals surface area contributed by atoms with Crippen molar-refractivity contribution < 1.29 is 13.7 Å². The molecular formula is C58H65N6+3. The lowest BCUT2D eigenvalue weighted by molar-refractivity contribution is -0.634. The summed E-state index contributed by atoms with van der Waals surface area (Å²) >= 11 is 0. The number of aryl methyl sites for hydroxylation is 6. The number of pyridine rings is 2. The summed E-state index contributed by atoms with van der Waals surface area (Å²) in [7, 11) is 6.37. The van der Waals surface area contributed by atoms with Gasteiger partial charge in [-0.15, -0.1) is 0 Å². The fourth-order valence-corrected chi connectivity index (χ4v) is 8.46. The van der Waals surface area contributed by atoms with Crippen molar-refractivity contribution in [2.75, 3.05) is 0 Å². The van der Waals surface area contributed by atoms with Crippen LogP contribution in [-0.4, -0.2) is 15.0 Å². The molecule has 64 heavy (non-hydrogen) atoms. The number of nitrogens with zero attached hydrogens (tertiary/aromatic N) is 6. The lowest BCUT2D eigenvalue weighted by Gasteiger charge is -2.08. The van der Waals surface area contributed by atoms with E-state index in [0.29, 0.717) is 17.8 Å². The SMILES string of the molecule is Cc1ccccc1-c1ccc2ncc(C(C)C)cc2[n+]1C.Cc1ccccc1-c1cnc2ccc(C(C)C)cc2[n+]1C.Cc1ccccc1-c1cnc2ccc(CC(C)C)cc2[n+]1C. The van der Waals surface area contributed by atoms with Crippen molar-refractivity contribution in [1.82, 2.24) is 15.0 Å². The highest BCUT2D eigenvalue weighted by molar-refractivity contribution is 5.76. The Hall–Kier alpha value is -6.66. The molecular weight excluding hydrogens is 781 g/mol. The molecule has 9 rings (SSSR count). The normalized spacial score (nSPS) is 11.3. The van der Waals surface area contributed by atoms with Crippen LogP contribution in [0.15, 0.2) is 146 Å². The minimum atomic E-state index is 0.490. The third-order valence-electron chi connectivity index (χ3n) is 12.4. The molecule has 0 aliphatic rings. The average molecular weight is 846 g/mol. The van der Waals surface area contributed by atoms with Gasteiger partial charge in [0.25, 0.3) is 0 Å². The minimum Gasteiger partial charge on any atom is -0.250 e. The molecule has 0 bridgehead atoms. The van der Waals surface area contributed by atoms with Gasteiger partial charge in [-0.05, 0) is 115 Å². The van der Waals surface area contributed by atoms with E-state index in [-0.39, 0.29) is 0 Å². The first kappa shape index (κ1) is 45.4. The Bertz CT molecular complexity index is 2950. The van der Waals surface area contributed by atoms with Crippen molar-refractivity contribution in [3.05, 3.63) is 179 Å². The summed E-state index contributed by atoms with van der Waals surface area (Å²) < 4.78 is 6.75. The van der Waals surface area contributed by atoms with Crippen LogP contribution < -0.4 is 13.7 Å². The molecule has 0 aliphatic carbocycles. The second-order valence-electron chi connectivity index (χ2n) is 18.3. The molecule has 0 atom stereocenters. The van der Waals surface area contributed by atoms with Crippen molar-refractivity contribution in [3.8, 4) is 33.8 Å². The van der Waals surface area contributed by atoms with Gasteiger partial charge in [-0.25, -0.2) is 15.0 Å². The molecule has 0 spiro atoms. The molecule has 9 aromatic rings. The molecule has 0 amide bonds.